The number of nitrogens with one attached hydrogen (secondary N) is 2. The van der Waals surface area contributed by atoms with E-state index in [0.29, 0.717) is 5.11 Å². The Hall–Kier alpha value is -2.44. The van der Waals surface area contributed by atoms with Crippen LogP contribution in [0.15, 0.2) is 54.6 Å². The Kier molecular flexibility index (Phi) is 7.98. The molecule has 6 heteroatoms. The van der Waals surface area contributed by atoms with E-state index < -0.39 is 23.2 Å². The minimum Gasteiger partial charge on any atom is -0.458 e. The van der Waals surface area contributed by atoms with Gasteiger partial charge in [0.25, 0.3) is 0 Å². The molecule has 2 aromatic rings. The van der Waals surface area contributed by atoms with E-state index >= 15 is 0 Å². The molecule has 0 saturated carbocycles. The van der Waals surface area contributed by atoms with Crippen LogP contribution >= 0.6 is 12.2 Å². The van der Waals surface area contributed by atoms with Crippen LogP contribution in [0.25, 0.3) is 11.1 Å². The number of para-hydroxylation sites is 1. The highest BCUT2D eigenvalue weighted by atomic mass is 32.1. The highest BCUT2D eigenvalue weighted by Gasteiger charge is 2.28. The van der Waals surface area contributed by atoms with Crippen LogP contribution in [0, 0.1) is 0 Å². The van der Waals surface area contributed by atoms with Gasteiger partial charge in [-0.05, 0) is 65.4 Å². The molecule has 0 spiro atoms. The maximum atomic E-state index is 12.7. The van der Waals surface area contributed by atoms with E-state index in [0.717, 1.165) is 16.8 Å². The summed E-state index contributed by atoms with van der Waals surface area (Å²) in [6.07, 6.45) is 0. The van der Waals surface area contributed by atoms with Crippen molar-refractivity contribution in [2.75, 3.05) is 11.9 Å². The third-order valence-corrected chi connectivity index (χ3v) is 4.16. The molecule has 0 aromatic heterocycles. The molecule has 2 rings (SSSR count). The zero-order valence-corrected chi connectivity index (χ0v) is 19.4. The van der Waals surface area contributed by atoms with Crippen LogP contribution < -0.4 is 10.6 Å². The SMILES string of the molecule is CC(C)(C)OCC(NC(=S)Nc1ccccc1-c1ccccc1)C(=O)OC(C)(C)C. The number of ether oxygens (including phenoxy) is 2. The second-order valence-corrected chi connectivity index (χ2v) is 9.43. The molecule has 0 heterocycles. The second kappa shape index (κ2) is 10.0. The summed E-state index contributed by atoms with van der Waals surface area (Å²) in [5.74, 6) is -0.410. The van der Waals surface area contributed by atoms with Crippen molar-refractivity contribution in [1.29, 1.82) is 0 Å². The molecule has 0 bridgehead atoms. The molecule has 0 fully saturated rings. The number of anilines is 1. The van der Waals surface area contributed by atoms with E-state index in [2.05, 4.69) is 10.6 Å². The number of rotatable bonds is 6. The van der Waals surface area contributed by atoms with E-state index in [1.54, 1.807) is 0 Å². The van der Waals surface area contributed by atoms with Crippen molar-refractivity contribution in [2.24, 2.45) is 0 Å². The molecule has 0 aliphatic rings. The molecule has 0 aliphatic carbocycles. The lowest BCUT2D eigenvalue weighted by Crippen LogP contribution is -2.49. The standard InChI is InChI=1S/C24H32N2O3S/c1-23(2,3)28-16-20(21(27)29-24(4,5)6)26-22(30)25-19-15-11-10-14-18(19)17-12-8-7-9-13-17/h7-15,20H,16H2,1-6H3,(H2,25,26,30). The van der Waals surface area contributed by atoms with Crippen molar-refractivity contribution in [2.45, 2.75) is 58.8 Å². The number of hydrogen-bond acceptors (Lipinski definition) is 4. The van der Waals surface area contributed by atoms with E-state index in [-0.39, 0.29) is 6.61 Å². The monoisotopic (exact) mass is 428 g/mol. The zero-order valence-electron chi connectivity index (χ0n) is 18.6. The summed E-state index contributed by atoms with van der Waals surface area (Å²) in [6, 6.07) is 17.2. The average Bonchev–Trinajstić information content (AvgIpc) is 2.64. The Balaban J connectivity index is 2.15. The molecule has 0 aliphatic heterocycles. The fraction of sp³-hybridized carbons (Fsp3) is 0.417. The number of benzene rings is 2. The normalized spacial score (nSPS) is 12.7. The number of thiocarbonyl (C=S) groups is 1. The highest BCUT2D eigenvalue weighted by Crippen LogP contribution is 2.27. The predicted octanol–water partition coefficient (Wildman–Crippen LogP) is 5.17. The van der Waals surface area contributed by atoms with Gasteiger partial charge in [-0.15, -0.1) is 0 Å². The lowest BCUT2D eigenvalue weighted by atomic mass is 10.0. The van der Waals surface area contributed by atoms with E-state index in [9.17, 15) is 4.79 Å². The van der Waals surface area contributed by atoms with Gasteiger partial charge in [0.15, 0.2) is 5.11 Å². The first-order chi connectivity index (χ1) is 13.9. The molecule has 0 saturated heterocycles. The quantitative estimate of drug-likeness (QED) is 0.489. The summed E-state index contributed by atoms with van der Waals surface area (Å²) in [6.45, 7) is 11.4. The summed E-state index contributed by atoms with van der Waals surface area (Å²) in [5, 5.41) is 6.60. The van der Waals surface area contributed by atoms with Gasteiger partial charge in [-0.1, -0.05) is 48.5 Å². The van der Waals surface area contributed by atoms with Gasteiger partial charge in [-0.25, -0.2) is 4.79 Å². The molecule has 5 nitrogen and oxygen atoms in total. The number of carbonyl (C=O) groups is 1. The Morgan fingerprint density at radius 1 is 0.933 bits per heavy atom. The second-order valence-electron chi connectivity index (χ2n) is 9.02. The summed E-state index contributed by atoms with van der Waals surface area (Å²) in [4.78, 5) is 12.7. The first kappa shape index (κ1) is 23.8. The number of hydrogen-bond donors (Lipinski definition) is 2. The fourth-order valence-corrected chi connectivity index (χ4v) is 2.91. The molecule has 1 atom stereocenters. The summed E-state index contributed by atoms with van der Waals surface area (Å²) < 4.78 is 11.4. The van der Waals surface area contributed by atoms with Crippen LogP contribution in [-0.4, -0.2) is 34.9 Å². The molecule has 30 heavy (non-hydrogen) atoms. The van der Waals surface area contributed by atoms with Crippen LogP contribution in [0.3, 0.4) is 0 Å². The van der Waals surface area contributed by atoms with Gasteiger partial charge in [-0.3, -0.25) is 0 Å². The van der Waals surface area contributed by atoms with Crippen LogP contribution in [0.5, 0.6) is 0 Å². The van der Waals surface area contributed by atoms with E-state index in [1.165, 1.54) is 0 Å². The largest absolute Gasteiger partial charge is 0.458 e. The molecule has 1 unspecified atom stereocenters. The molecular weight excluding hydrogens is 396 g/mol. The van der Waals surface area contributed by atoms with Gasteiger partial charge in [-0.2, -0.15) is 0 Å². The van der Waals surface area contributed by atoms with Gasteiger partial charge < -0.3 is 20.1 Å². The van der Waals surface area contributed by atoms with Crippen LogP contribution in [-0.2, 0) is 14.3 Å². The summed E-state index contributed by atoms with van der Waals surface area (Å²) >= 11 is 5.50. The van der Waals surface area contributed by atoms with Gasteiger partial charge in [0.1, 0.15) is 11.6 Å². The molecule has 2 aromatic carbocycles. The average molecular weight is 429 g/mol. The Morgan fingerprint density at radius 3 is 2.13 bits per heavy atom. The maximum absolute atomic E-state index is 12.7. The Morgan fingerprint density at radius 2 is 1.53 bits per heavy atom. The van der Waals surface area contributed by atoms with Crippen LogP contribution in [0.2, 0.25) is 0 Å². The third-order valence-electron chi connectivity index (χ3n) is 3.94. The van der Waals surface area contributed by atoms with Crippen molar-refractivity contribution < 1.29 is 14.3 Å². The first-order valence-corrected chi connectivity index (χ1v) is 10.4. The molecule has 2 N–H and O–H groups in total. The van der Waals surface area contributed by atoms with Gasteiger partial charge in [0.2, 0.25) is 0 Å². The van der Waals surface area contributed by atoms with Crippen molar-refractivity contribution in [1.82, 2.24) is 5.32 Å². The lowest BCUT2D eigenvalue weighted by molar-refractivity contribution is -0.159. The predicted molar refractivity (Wildman–Crippen MR) is 127 cm³/mol. The van der Waals surface area contributed by atoms with Crippen molar-refractivity contribution in [3.63, 3.8) is 0 Å². The Bertz CT molecular complexity index is 855. The molecule has 162 valence electrons. The topological polar surface area (TPSA) is 59.6 Å². The molecule has 0 radical (unpaired) electrons. The minimum absolute atomic E-state index is 0.139. The van der Waals surface area contributed by atoms with E-state index in [4.69, 9.17) is 21.7 Å². The first-order valence-electron chi connectivity index (χ1n) is 10.0. The zero-order chi connectivity index (χ0) is 22.4. The van der Waals surface area contributed by atoms with Gasteiger partial charge >= 0.3 is 5.97 Å². The van der Waals surface area contributed by atoms with Crippen LogP contribution in [0.1, 0.15) is 41.5 Å². The maximum Gasteiger partial charge on any atom is 0.331 e. The van der Waals surface area contributed by atoms with Crippen molar-refractivity contribution in [3.8, 4) is 11.1 Å². The summed E-state index contributed by atoms with van der Waals surface area (Å²) in [5.41, 5.74) is 1.94. The molecular formula is C24H32N2O3S. The highest BCUT2D eigenvalue weighted by molar-refractivity contribution is 7.80. The third kappa shape index (κ3) is 8.13. The van der Waals surface area contributed by atoms with Crippen molar-refractivity contribution >= 4 is 29.0 Å². The Labute approximate surface area is 185 Å². The van der Waals surface area contributed by atoms with E-state index in [1.807, 2.05) is 96.1 Å². The fourth-order valence-electron chi connectivity index (χ4n) is 2.65. The number of carbonyl (C=O) groups excluding carboxylic acids is 1. The smallest absolute Gasteiger partial charge is 0.331 e. The van der Waals surface area contributed by atoms with Gasteiger partial charge in [0, 0.05) is 11.3 Å². The van der Waals surface area contributed by atoms with Gasteiger partial charge in [0.05, 0.1) is 12.2 Å². The summed E-state index contributed by atoms with van der Waals surface area (Å²) in [7, 11) is 0. The van der Waals surface area contributed by atoms with Crippen LogP contribution in [0.4, 0.5) is 5.69 Å². The minimum atomic E-state index is -0.729. The van der Waals surface area contributed by atoms with Crippen molar-refractivity contribution in [3.05, 3.63) is 54.6 Å². The molecule has 0 amide bonds. The lowest BCUT2D eigenvalue weighted by Gasteiger charge is -2.28. The number of esters is 1.